The van der Waals surface area contributed by atoms with Crippen molar-refractivity contribution >= 4 is 28.4 Å². The lowest BCUT2D eigenvalue weighted by Gasteiger charge is -2.37. The van der Waals surface area contributed by atoms with Crippen molar-refractivity contribution in [2.24, 2.45) is 0 Å². The number of hydrogen-bond donors (Lipinski definition) is 0. The van der Waals surface area contributed by atoms with Crippen LogP contribution in [0.5, 0.6) is 34.5 Å². The molecule has 6 rings (SSSR count). The third-order valence-corrected chi connectivity index (χ3v) is 17.4. The van der Waals surface area contributed by atoms with E-state index in [9.17, 15) is 0 Å². The molecule has 0 aromatic heterocycles. The molecule has 0 amide bonds. The van der Waals surface area contributed by atoms with Gasteiger partial charge in [-0.25, -0.2) is 0 Å². The van der Waals surface area contributed by atoms with Crippen molar-refractivity contribution in [2.75, 3.05) is 0 Å². The largest absolute Gasteiger partial charge is 0.487 e. The van der Waals surface area contributed by atoms with Crippen molar-refractivity contribution in [1.82, 2.24) is 0 Å². The van der Waals surface area contributed by atoms with Gasteiger partial charge >= 0.3 is 0 Å². The Bertz CT molecular complexity index is 2730. The van der Waals surface area contributed by atoms with Crippen molar-refractivity contribution in [3.63, 3.8) is 0 Å². The van der Waals surface area contributed by atoms with E-state index in [1.54, 1.807) is 0 Å². The van der Waals surface area contributed by atoms with Crippen LogP contribution in [-0.4, -0.2) is 16.8 Å². The van der Waals surface area contributed by atoms with Gasteiger partial charge in [-0.3, -0.25) is 0 Å². The highest BCUT2D eigenvalue weighted by Gasteiger charge is 2.35. The van der Waals surface area contributed by atoms with Gasteiger partial charge in [0.1, 0.15) is 51.3 Å². The molecule has 3 aromatic rings. The van der Waals surface area contributed by atoms with Crippen LogP contribution in [0.15, 0.2) is 101 Å². The minimum Gasteiger partial charge on any atom is -0.487 e. The van der Waals surface area contributed by atoms with E-state index in [0.717, 1.165) is 124 Å². The molecule has 3 unspecified atom stereocenters. The summed E-state index contributed by atoms with van der Waals surface area (Å²) in [5, 5.41) is 0. The van der Waals surface area contributed by atoms with E-state index in [-0.39, 0.29) is 24.2 Å². The predicted molar refractivity (Wildman–Crippen MR) is 368 cm³/mol. The maximum absolute atomic E-state index is 6.57. The lowest BCUT2D eigenvalue weighted by Crippen LogP contribution is -2.36. The van der Waals surface area contributed by atoms with E-state index >= 15 is 0 Å². The molecule has 6 nitrogen and oxygen atoms in total. The molecule has 6 atom stereocenters. The number of benzene rings is 3. The highest BCUT2D eigenvalue weighted by atomic mass is 31.0. The van der Waals surface area contributed by atoms with Crippen molar-refractivity contribution in [3.8, 4) is 34.5 Å². The van der Waals surface area contributed by atoms with Crippen LogP contribution in [0.3, 0.4) is 0 Å². The molecule has 0 fully saturated rings. The van der Waals surface area contributed by atoms with Gasteiger partial charge < -0.3 is 27.8 Å². The molecule has 3 aliphatic heterocycles. The smallest absolute Gasteiger partial charge is 0.127 e. The van der Waals surface area contributed by atoms with Gasteiger partial charge in [0.2, 0.25) is 0 Å². The van der Waals surface area contributed by atoms with Gasteiger partial charge in [-0.2, -0.15) is 0 Å². The molecular formula is C73H115O6P3. The predicted octanol–water partition coefficient (Wildman–Crippen LogP) is 22.9. The highest BCUT2D eigenvalue weighted by molar-refractivity contribution is 7.10. The van der Waals surface area contributed by atoms with Crippen LogP contribution in [0.4, 0.5) is 0 Å². The molecule has 3 aromatic carbocycles. The molecule has 0 saturated heterocycles. The minimum absolute atomic E-state index is 0. The second-order valence-corrected chi connectivity index (χ2v) is 25.4. The Morgan fingerprint density at radius 2 is 0.829 bits per heavy atom. The first kappa shape index (κ1) is 74.0. The van der Waals surface area contributed by atoms with Gasteiger partial charge in [0.15, 0.2) is 0 Å². The summed E-state index contributed by atoms with van der Waals surface area (Å²) in [7, 11) is 7.00. The first-order valence-electron chi connectivity index (χ1n) is 30.3. The Kier molecular flexibility index (Phi) is 32.5. The molecule has 0 radical (unpaired) electrons. The fourth-order valence-corrected chi connectivity index (χ4v) is 11.6. The SMILES string of the molecule is C.C/C=C(\C)CC/C=C(\C)CCC=C(C)C.C=C[C@]1(C)CCc2c(C)c(OP)cc(C)c2O1.CC(C)=CCC/C(C)=C/CC/C(C)=C/CC[C@]1(C)CCc2c(C)c(OP)cc(C)c2O1.CCC[C@]1(C)CCc2c(C)c(OP)cc(C)c2O1. The van der Waals surface area contributed by atoms with Crippen LogP contribution >= 0.6 is 28.4 Å². The van der Waals surface area contributed by atoms with Crippen molar-refractivity contribution in [1.29, 1.82) is 0 Å². The Balaban J connectivity index is 0.000000390. The summed E-state index contributed by atoms with van der Waals surface area (Å²) >= 11 is 0. The summed E-state index contributed by atoms with van der Waals surface area (Å²) in [6.45, 7) is 45.0. The van der Waals surface area contributed by atoms with Crippen LogP contribution in [0.2, 0.25) is 0 Å². The second-order valence-electron chi connectivity index (χ2n) is 24.7. The molecule has 0 bridgehead atoms. The lowest BCUT2D eigenvalue weighted by molar-refractivity contribution is 0.0543. The van der Waals surface area contributed by atoms with Gasteiger partial charge in [0.25, 0.3) is 0 Å². The zero-order chi connectivity index (χ0) is 60.7. The van der Waals surface area contributed by atoms with Crippen molar-refractivity contribution in [3.05, 3.63) is 151 Å². The van der Waals surface area contributed by atoms with Crippen LogP contribution in [0.25, 0.3) is 0 Å². The first-order valence-corrected chi connectivity index (χ1v) is 31.7. The third kappa shape index (κ3) is 23.4. The monoisotopic (exact) mass is 1180 g/mol. The molecule has 3 heterocycles. The van der Waals surface area contributed by atoms with Gasteiger partial charge in [-0.15, -0.1) is 0 Å². The maximum Gasteiger partial charge on any atom is 0.127 e. The summed E-state index contributed by atoms with van der Waals surface area (Å²) in [5.41, 5.74) is 19.5. The fourth-order valence-electron chi connectivity index (χ4n) is 10.9. The molecule has 0 aliphatic carbocycles. The lowest BCUT2D eigenvalue weighted by atomic mass is 9.86. The Hall–Kier alpha value is -4.07. The average molecular weight is 1180 g/mol. The Labute approximate surface area is 510 Å². The minimum atomic E-state index is -0.243. The maximum atomic E-state index is 6.57. The van der Waals surface area contributed by atoms with E-state index in [1.807, 2.05) is 12.1 Å². The quantitative estimate of drug-likeness (QED) is 0.0783. The summed E-state index contributed by atoms with van der Waals surface area (Å²) in [5.74, 6) is 5.96. The molecular weight excluding hydrogens is 1070 g/mol. The normalized spacial score (nSPS) is 19.1. The van der Waals surface area contributed by atoms with Gasteiger partial charge in [0.05, 0.1) is 28.4 Å². The number of allylic oxidation sites excluding steroid dienone is 12. The number of ether oxygens (including phenoxy) is 3. The number of rotatable bonds is 21. The molecule has 0 N–H and O–H groups in total. The zero-order valence-corrected chi connectivity index (χ0v) is 57.9. The van der Waals surface area contributed by atoms with Crippen molar-refractivity contribution < 1.29 is 27.8 Å². The van der Waals surface area contributed by atoms with Crippen LogP contribution in [0.1, 0.15) is 244 Å². The third-order valence-electron chi connectivity index (χ3n) is 16.6. The van der Waals surface area contributed by atoms with Gasteiger partial charge in [-0.05, 0) is 291 Å². The molecule has 9 heteroatoms. The summed E-state index contributed by atoms with van der Waals surface area (Å²) < 4.78 is 35.1. The summed E-state index contributed by atoms with van der Waals surface area (Å²) in [6, 6.07) is 6.18. The Morgan fingerprint density at radius 1 is 0.500 bits per heavy atom. The van der Waals surface area contributed by atoms with Gasteiger partial charge in [-0.1, -0.05) is 97.2 Å². The first-order chi connectivity index (χ1) is 38.2. The van der Waals surface area contributed by atoms with Crippen molar-refractivity contribution in [2.45, 2.75) is 271 Å². The standard InChI is InChI=1S/C28H43O2P.C15H23O2P.C15H26.C14H19O2P.CH4/c1-20(2)11-8-12-21(3)13-9-14-22(4)15-10-17-28(7)18-16-25-24(6)26(30-31)19-23(5)27(25)29-28;1-5-7-15(4)8-6-12-11(3)13(17-18)9-10(2)14(12)16-15;1-6-14(4)10-8-12-15(5)11-7-9-13(2)3;1-5-14(4)7-6-11-10(3)12(16-17)8-9(2)13(11)15-14;/h11,13,15,19H,8-10,12,14,16-18,31H2,1-7H3;9H,5-8,18H2,1-4H3;6,9,12H,7-8,10-11H2,1-5H3;5,8H,1,6-7,17H2,2-4H3;1H4/b21-13+,22-15+;;14-6+,15-12+;;/t28-;15-;;14-;/m11.1./s1. The van der Waals surface area contributed by atoms with Crippen LogP contribution in [-0.2, 0) is 19.3 Å². The van der Waals surface area contributed by atoms with E-state index in [1.165, 1.54) is 110 Å². The summed E-state index contributed by atoms with van der Waals surface area (Å²) in [4.78, 5) is 0. The number of fused-ring (bicyclic) bond motifs is 3. The number of hydrogen-bond acceptors (Lipinski definition) is 6. The van der Waals surface area contributed by atoms with E-state index in [0.29, 0.717) is 0 Å². The zero-order valence-electron chi connectivity index (χ0n) is 54.4. The summed E-state index contributed by atoms with van der Waals surface area (Å²) in [6.07, 6.45) is 36.0. The molecule has 458 valence electrons. The molecule has 82 heavy (non-hydrogen) atoms. The fraction of sp³-hybridized carbons (Fsp3) is 0.562. The van der Waals surface area contributed by atoms with E-state index < -0.39 is 0 Å². The second kappa shape index (κ2) is 36.0. The Morgan fingerprint density at radius 3 is 1.17 bits per heavy atom. The highest BCUT2D eigenvalue weighted by Crippen LogP contribution is 2.45. The molecule has 0 saturated carbocycles. The molecule has 3 aliphatic rings. The average Bonchev–Trinajstić information content (AvgIpc) is 3.49. The van der Waals surface area contributed by atoms with E-state index in [2.05, 4.69) is 215 Å². The number of aryl methyl sites for hydroxylation is 3. The molecule has 0 spiro atoms. The van der Waals surface area contributed by atoms with Crippen LogP contribution < -0.4 is 27.8 Å². The topological polar surface area (TPSA) is 55.4 Å². The van der Waals surface area contributed by atoms with Crippen LogP contribution in [0, 0.1) is 41.5 Å². The van der Waals surface area contributed by atoms with Gasteiger partial charge in [0, 0.05) is 16.7 Å². The van der Waals surface area contributed by atoms with E-state index in [4.69, 9.17) is 27.8 Å².